The first-order chi connectivity index (χ1) is 12.7. The number of nitrogens with one attached hydrogen (secondary N) is 1. The number of halogens is 1. The molecule has 0 saturated carbocycles. The molecule has 3 rings (SSSR count). The van der Waals surface area contributed by atoms with Crippen molar-refractivity contribution < 1.29 is 9.53 Å². The summed E-state index contributed by atoms with van der Waals surface area (Å²) in [5, 5.41) is 4.50. The maximum absolute atomic E-state index is 12.4. The highest BCUT2D eigenvalue weighted by molar-refractivity contribution is 6.30. The Kier molecular flexibility index (Phi) is 6.08. The number of unbranched alkanes of at least 4 members (excludes halogenated alkanes) is 1. The Balaban J connectivity index is 1.78. The largest absolute Gasteiger partial charge is 0.491 e. The quantitative estimate of drug-likeness (QED) is 0.579. The van der Waals surface area contributed by atoms with Crippen molar-refractivity contribution in [1.82, 2.24) is 4.98 Å². The highest BCUT2D eigenvalue weighted by Crippen LogP contribution is 2.30. The second kappa shape index (κ2) is 8.68. The van der Waals surface area contributed by atoms with Crippen LogP contribution in [0.4, 0.5) is 5.69 Å². The van der Waals surface area contributed by atoms with Gasteiger partial charge in [0.25, 0.3) is 0 Å². The Morgan fingerprint density at radius 2 is 1.96 bits per heavy atom. The number of benzene rings is 2. The van der Waals surface area contributed by atoms with Crippen LogP contribution in [0.2, 0.25) is 5.02 Å². The van der Waals surface area contributed by atoms with Crippen LogP contribution in [0.5, 0.6) is 5.75 Å². The summed E-state index contributed by atoms with van der Waals surface area (Å²) in [6.07, 6.45) is 4.08. The Labute approximate surface area is 158 Å². The van der Waals surface area contributed by atoms with Gasteiger partial charge in [0.1, 0.15) is 11.3 Å². The molecule has 0 radical (unpaired) electrons. The fourth-order valence-electron chi connectivity index (χ4n) is 2.68. The molecule has 0 fully saturated rings. The number of pyridine rings is 1. The lowest BCUT2D eigenvalue weighted by Gasteiger charge is -2.12. The Bertz CT molecular complexity index is 894. The fraction of sp³-hybridized carbons (Fsp3) is 0.238. The topological polar surface area (TPSA) is 51.2 Å². The molecule has 1 heterocycles. The minimum atomic E-state index is -0.0860. The van der Waals surface area contributed by atoms with Gasteiger partial charge in [0.05, 0.1) is 18.7 Å². The van der Waals surface area contributed by atoms with Gasteiger partial charge in [-0.25, -0.2) is 0 Å². The van der Waals surface area contributed by atoms with Gasteiger partial charge in [-0.3, -0.25) is 9.78 Å². The predicted molar refractivity (Wildman–Crippen MR) is 106 cm³/mol. The number of amides is 1. The first-order valence-electron chi connectivity index (χ1n) is 8.72. The average molecular weight is 369 g/mol. The molecule has 1 amide bonds. The molecule has 2 aromatic carbocycles. The van der Waals surface area contributed by atoms with Gasteiger partial charge < -0.3 is 10.1 Å². The lowest BCUT2D eigenvalue weighted by Crippen LogP contribution is -2.14. The van der Waals surface area contributed by atoms with Crippen molar-refractivity contribution in [3.05, 3.63) is 65.3 Å². The van der Waals surface area contributed by atoms with E-state index in [9.17, 15) is 4.79 Å². The van der Waals surface area contributed by atoms with Crippen LogP contribution in [0.1, 0.15) is 25.3 Å². The summed E-state index contributed by atoms with van der Waals surface area (Å²) < 4.78 is 5.84. The first-order valence-corrected chi connectivity index (χ1v) is 9.10. The van der Waals surface area contributed by atoms with Gasteiger partial charge in [0, 0.05) is 16.6 Å². The molecular formula is C21H21ClN2O2. The van der Waals surface area contributed by atoms with E-state index in [0.29, 0.717) is 11.6 Å². The molecule has 0 bridgehead atoms. The van der Waals surface area contributed by atoms with Crippen molar-refractivity contribution in [3.63, 3.8) is 0 Å². The predicted octanol–water partition coefficient (Wildman–Crippen LogP) is 5.25. The second-order valence-electron chi connectivity index (χ2n) is 6.06. The number of hydrogen-bond donors (Lipinski definition) is 1. The van der Waals surface area contributed by atoms with Gasteiger partial charge in [0.2, 0.25) is 5.91 Å². The number of ether oxygens (including phenoxy) is 1. The van der Waals surface area contributed by atoms with Crippen LogP contribution in [0, 0.1) is 0 Å². The average Bonchev–Trinajstić information content (AvgIpc) is 2.65. The summed E-state index contributed by atoms with van der Waals surface area (Å²) in [6, 6.07) is 14.8. The van der Waals surface area contributed by atoms with Crippen LogP contribution in [-0.4, -0.2) is 17.5 Å². The molecule has 0 aliphatic rings. The van der Waals surface area contributed by atoms with Gasteiger partial charge in [-0.2, -0.15) is 0 Å². The highest BCUT2D eigenvalue weighted by atomic mass is 35.5. The molecule has 0 unspecified atom stereocenters. The van der Waals surface area contributed by atoms with Gasteiger partial charge in [-0.05, 0) is 48.4 Å². The van der Waals surface area contributed by atoms with E-state index in [1.807, 2.05) is 36.4 Å². The zero-order valence-electron chi connectivity index (χ0n) is 14.7. The molecule has 3 aromatic rings. The lowest BCUT2D eigenvalue weighted by molar-refractivity contribution is -0.115. The van der Waals surface area contributed by atoms with E-state index in [2.05, 4.69) is 17.2 Å². The third-order valence-electron chi connectivity index (χ3n) is 4.04. The number of aromatic nitrogens is 1. The van der Waals surface area contributed by atoms with E-state index < -0.39 is 0 Å². The minimum absolute atomic E-state index is 0.0860. The van der Waals surface area contributed by atoms with Gasteiger partial charge >= 0.3 is 0 Å². The maximum atomic E-state index is 12.4. The molecule has 0 spiro atoms. The molecule has 134 valence electrons. The van der Waals surface area contributed by atoms with Gasteiger partial charge in [-0.1, -0.05) is 37.1 Å². The zero-order chi connectivity index (χ0) is 18.4. The standard InChI is InChI=1S/C21H21ClN2O2/c1-2-3-13-26-19-11-10-18(17-5-4-12-23-21(17)19)24-20(25)14-15-6-8-16(22)9-7-15/h4-12H,2-3,13-14H2,1H3,(H,24,25). The molecule has 26 heavy (non-hydrogen) atoms. The van der Waals surface area contributed by atoms with Crippen molar-refractivity contribution in [2.24, 2.45) is 0 Å². The van der Waals surface area contributed by atoms with Crippen LogP contribution in [-0.2, 0) is 11.2 Å². The monoisotopic (exact) mass is 368 g/mol. The molecule has 0 aliphatic carbocycles. The number of rotatable bonds is 7. The first kappa shape index (κ1) is 18.2. The smallest absolute Gasteiger partial charge is 0.228 e. The molecule has 1 aromatic heterocycles. The maximum Gasteiger partial charge on any atom is 0.228 e. The summed E-state index contributed by atoms with van der Waals surface area (Å²) in [7, 11) is 0. The lowest BCUT2D eigenvalue weighted by atomic mass is 10.1. The van der Waals surface area contributed by atoms with E-state index >= 15 is 0 Å². The van der Waals surface area contributed by atoms with Crippen molar-refractivity contribution in [2.75, 3.05) is 11.9 Å². The van der Waals surface area contributed by atoms with Gasteiger partial charge in [0.15, 0.2) is 0 Å². The molecular weight excluding hydrogens is 348 g/mol. The number of hydrogen-bond acceptors (Lipinski definition) is 3. The van der Waals surface area contributed by atoms with Crippen LogP contribution in [0.3, 0.4) is 0 Å². The number of anilines is 1. The Morgan fingerprint density at radius 1 is 1.15 bits per heavy atom. The van der Waals surface area contributed by atoms with Crippen LogP contribution < -0.4 is 10.1 Å². The third kappa shape index (κ3) is 4.52. The van der Waals surface area contributed by atoms with E-state index in [-0.39, 0.29) is 12.3 Å². The summed E-state index contributed by atoms with van der Waals surface area (Å²) in [5.41, 5.74) is 2.40. The summed E-state index contributed by atoms with van der Waals surface area (Å²) in [4.78, 5) is 16.8. The molecule has 1 N–H and O–H groups in total. The van der Waals surface area contributed by atoms with E-state index in [1.165, 1.54) is 0 Å². The zero-order valence-corrected chi connectivity index (χ0v) is 15.4. The molecule has 5 heteroatoms. The van der Waals surface area contributed by atoms with Crippen LogP contribution in [0.15, 0.2) is 54.7 Å². The van der Waals surface area contributed by atoms with Crippen molar-refractivity contribution in [3.8, 4) is 5.75 Å². The van der Waals surface area contributed by atoms with Crippen molar-refractivity contribution in [2.45, 2.75) is 26.2 Å². The van der Waals surface area contributed by atoms with E-state index in [0.717, 1.165) is 40.7 Å². The molecule has 4 nitrogen and oxygen atoms in total. The normalized spacial score (nSPS) is 10.7. The number of carbonyl (C=O) groups excluding carboxylic acids is 1. The summed E-state index contributed by atoms with van der Waals surface area (Å²) in [5.74, 6) is 0.655. The Morgan fingerprint density at radius 3 is 2.73 bits per heavy atom. The van der Waals surface area contributed by atoms with Gasteiger partial charge in [-0.15, -0.1) is 0 Å². The number of fused-ring (bicyclic) bond motifs is 1. The SMILES string of the molecule is CCCCOc1ccc(NC(=O)Cc2ccc(Cl)cc2)c2cccnc12. The van der Waals surface area contributed by atoms with Crippen LogP contribution >= 0.6 is 11.6 Å². The van der Waals surface area contributed by atoms with Crippen LogP contribution in [0.25, 0.3) is 10.9 Å². The Hall–Kier alpha value is -2.59. The minimum Gasteiger partial charge on any atom is -0.491 e. The summed E-state index contributed by atoms with van der Waals surface area (Å²) in [6.45, 7) is 2.78. The molecule has 0 aliphatic heterocycles. The molecule has 0 atom stereocenters. The number of nitrogens with zero attached hydrogens (tertiary/aromatic N) is 1. The molecule has 0 saturated heterocycles. The highest BCUT2D eigenvalue weighted by Gasteiger charge is 2.11. The third-order valence-corrected chi connectivity index (χ3v) is 4.29. The van der Waals surface area contributed by atoms with Crippen molar-refractivity contribution >= 4 is 34.1 Å². The summed E-state index contributed by atoms with van der Waals surface area (Å²) >= 11 is 5.88. The van der Waals surface area contributed by atoms with E-state index in [4.69, 9.17) is 16.3 Å². The fourth-order valence-corrected chi connectivity index (χ4v) is 2.81. The number of carbonyl (C=O) groups is 1. The van der Waals surface area contributed by atoms with E-state index in [1.54, 1.807) is 18.3 Å². The van der Waals surface area contributed by atoms with Crippen molar-refractivity contribution in [1.29, 1.82) is 0 Å². The second-order valence-corrected chi connectivity index (χ2v) is 6.50.